The molecule has 2 aliphatic carbocycles. The smallest absolute Gasteiger partial charge is 0.244 e. The molecule has 1 aromatic carbocycles. The van der Waals surface area contributed by atoms with Crippen molar-refractivity contribution < 1.29 is 14.3 Å². The topological polar surface area (TPSA) is 59.9 Å². The third kappa shape index (κ3) is 4.45. The molecule has 2 aliphatic rings. The van der Waals surface area contributed by atoms with Crippen LogP contribution in [0.2, 0.25) is 0 Å². The third-order valence-electron chi connectivity index (χ3n) is 5.71. The van der Waals surface area contributed by atoms with Gasteiger partial charge in [-0.1, -0.05) is 19.8 Å². The number of nitrogens with zero attached hydrogens (tertiary/aromatic N) is 1. The van der Waals surface area contributed by atoms with Crippen molar-refractivity contribution >= 4 is 12.1 Å². The van der Waals surface area contributed by atoms with Gasteiger partial charge in [-0.25, -0.2) is 5.43 Å². The monoisotopic (exact) mass is 372 g/mol. The fourth-order valence-electron chi connectivity index (χ4n) is 4.41. The molecule has 1 amide bonds. The van der Waals surface area contributed by atoms with E-state index < -0.39 is 0 Å². The Morgan fingerprint density at radius 3 is 2.59 bits per heavy atom. The van der Waals surface area contributed by atoms with Crippen molar-refractivity contribution in [3.63, 3.8) is 0 Å². The highest BCUT2D eigenvalue weighted by atomic mass is 16.5. The van der Waals surface area contributed by atoms with Crippen molar-refractivity contribution in [3.05, 3.63) is 23.8 Å². The summed E-state index contributed by atoms with van der Waals surface area (Å²) in [5.74, 6) is 2.16. The van der Waals surface area contributed by atoms with Crippen LogP contribution in [0, 0.1) is 17.3 Å². The van der Waals surface area contributed by atoms with Crippen LogP contribution in [0.15, 0.2) is 23.3 Å². The second-order valence-electron chi connectivity index (χ2n) is 8.60. The first-order valence-electron chi connectivity index (χ1n) is 10.1. The number of hydrogen-bond acceptors (Lipinski definition) is 4. The van der Waals surface area contributed by atoms with Gasteiger partial charge in [0.2, 0.25) is 5.91 Å². The average Bonchev–Trinajstić information content (AvgIpc) is 3.21. The molecular formula is C22H32N2O3. The Morgan fingerprint density at radius 1 is 1.22 bits per heavy atom. The highest BCUT2D eigenvalue weighted by Crippen LogP contribution is 2.66. The van der Waals surface area contributed by atoms with Crippen molar-refractivity contribution in [1.29, 1.82) is 0 Å². The van der Waals surface area contributed by atoms with Gasteiger partial charge in [0.15, 0.2) is 0 Å². The summed E-state index contributed by atoms with van der Waals surface area (Å²) >= 11 is 0. The molecule has 1 aromatic rings. The molecule has 27 heavy (non-hydrogen) atoms. The molecule has 148 valence electrons. The van der Waals surface area contributed by atoms with E-state index in [-0.39, 0.29) is 29.4 Å². The summed E-state index contributed by atoms with van der Waals surface area (Å²) in [6.45, 7) is 10.2. The standard InChI is InChI=1S/C22H32N2O3/c1-14(2)26-17-10-9-16(19(12-17)27-15(3)4)13-23-24-21(25)20-18-8-6-7-11-22(18,20)5/h9-10,12-15,18,20H,6-8,11H2,1-5H3,(H,24,25)/b23-13+. The summed E-state index contributed by atoms with van der Waals surface area (Å²) in [6.07, 6.45) is 6.60. The van der Waals surface area contributed by atoms with Crippen molar-refractivity contribution in [2.24, 2.45) is 22.4 Å². The molecule has 1 N–H and O–H groups in total. The van der Waals surface area contributed by atoms with Crippen LogP contribution in [0.4, 0.5) is 0 Å². The lowest BCUT2D eigenvalue weighted by Gasteiger charge is -2.16. The van der Waals surface area contributed by atoms with Gasteiger partial charge in [0, 0.05) is 17.5 Å². The lowest BCUT2D eigenvalue weighted by molar-refractivity contribution is -0.123. The second-order valence-corrected chi connectivity index (χ2v) is 8.60. The number of carbonyl (C=O) groups excluding carboxylic acids is 1. The summed E-state index contributed by atoms with van der Waals surface area (Å²) in [7, 11) is 0. The van der Waals surface area contributed by atoms with E-state index in [0.717, 1.165) is 17.7 Å². The van der Waals surface area contributed by atoms with Gasteiger partial charge in [0.1, 0.15) is 11.5 Å². The largest absolute Gasteiger partial charge is 0.491 e. The second kappa shape index (κ2) is 7.91. The molecule has 5 heteroatoms. The molecule has 5 nitrogen and oxygen atoms in total. The maximum absolute atomic E-state index is 12.5. The van der Waals surface area contributed by atoms with Gasteiger partial charge >= 0.3 is 0 Å². The highest BCUT2D eigenvalue weighted by molar-refractivity contribution is 5.87. The van der Waals surface area contributed by atoms with Crippen LogP contribution < -0.4 is 14.9 Å². The average molecular weight is 373 g/mol. The van der Waals surface area contributed by atoms with Crippen molar-refractivity contribution in [3.8, 4) is 11.5 Å². The highest BCUT2D eigenvalue weighted by Gasteiger charge is 2.64. The Kier molecular flexibility index (Phi) is 5.78. The van der Waals surface area contributed by atoms with Crippen LogP contribution >= 0.6 is 0 Å². The Hall–Kier alpha value is -2.04. The number of ether oxygens (including phenoxy) is 2. The van der Waals surface area contributed by atoms with E-state index in [0.29, 0.717) is 11.7 Å². The summed E-state index contributed by atoms with van der Waals surface area (Å²) in [6, 6.07) is 5.68. The van der Waals surface area contributed by atoms with Crippen molar-refractivity contribution in [2.75, 3.05) is 0 Å². The van der Waals surface area contributed by atoms with Crippen LogP contribution in [-0.2, 0) is 4.79 Å². The van der Waals surface area contributed by atoms with Crippen LogP contribution in [0.5, 0.6) is 11.5 Å². The Balaban J connectivity index is 1.66. The van der Waals surface area contributed by atoms with E-state index in [9.17, 15) is 4.79 Å². The first-order valence-corrected chi connectivity index (χ1v) is 10.1. The van der Waals surface area contributed by atoms with Crippen LogP contribution in [-0.4, -0.2) is 24.3 Å². The van der Waals surface area contributed by atoms with Crippen molar-refractivity contribution in [1.82, 2.24) is 5.43 Å². The zero-order chi connectivity index (χ0) is 19.6. The number of fused-ring (bicyclic) bond motifs is 1. The van der Waals surface area contributed by atoms with Gasteiger partial charge in [-0.2, -0.15) is 5.10 Å². The molecule has 0 saturated heterocycles. The van der Waals surface area contributed by atoms with Crippen LogP contribution in [0.1, 0.15) is 65.9 Å². The van der Waals surface area contributed by atoms with Crippen molar-refractivity contribution in [2.45, 2.75) is 72.5 Å². The molecular weight excluding hydrogens is 340 g/mol. The van der Waals surface area contributed by atoms with E-state index in [1.807, 2.05) is 45.9 Å². The molecule has 0 aromatic heterocycles. The third-order valence-corrected chi connectivity index (χ3v) is 5.71. The molecule has 3 atom stereocenters. The van der Waals surface area contributed by atoms with Gasteiger partial charge in [-0.3, -0.25) is 4.79 Å². The molecule has 0 heterocycles. The quantitative estimate of drug-likeness (QED) is 0.565. The number of benzene rings is 1. The summed E-state index contributed by atoms with van der Waals surface area (Å²) < 4.78 is 11.6. The molecule has 2 fully saturated rings. The number of nitrogens with one attached hydrogen (secondary N) is 1. The lowest BCUT2D eigenvalue weighted by atomic mass is 9.90. The SMILES string of the molecule is CC(C)Oc1ccc(/C=N/NC(=O)C2C3CCCCC32C)c(OC(C)C)c1. The van der Waals surface area contributed by atoms with Gasteiger partial charge in [-0.15, -0.1) is 0 Å². The molecule has 3 rings (SSSR count). The van der Waals surface area contributed by atoms with E-state index in [1.54, 1.807) is 6.21 Å². The van der Waals surface area contributed by atoms with Gasteiger partial charge in [0.05, 0.1) is 18.4 Å². The molecule has 3 unspecified atom stereocenters. The van der Waals surface area contributed by atoms with E-state index in [2.05, 4.69) is 17.5 Å². The van der Waals surface area contributed by atoms with Crippen LogP contribution in [0.3, 0.4) is 0 Å². The predicted molar refractivity (Wildman–Crippen MR) is 107 cm³/mol. The number of hydrazone groups is 1. The van der Waals surface area contributed by atoms with E-state index in [4.69, 9.17) is 9.47 Å². The maximum atomic E-state index is 12.5. The summed E-state index contributed by atoms with van der Waals surface area (Å²) in [5, 5.41) is 4.20. The van der Waals surface area contributed by atoms with E-state index in [1.165, 1.54) is 19.3 Å². The van der Waals surface area contributed by atoms with E-state index >= 15 is 0 Å². The summed E-state index contributed by atoms with van der Waals surface area (Å²) in [4.78, 5) is 12.5. The molecule has 0 bridgehead atoms. The first kappa shape index (κ1) is 19.7. The minimum atomic E-state index is 0.0376. The normalized spacial score (nSPS) is 26.9. The van der Waals surface area contributed by atoms with Crippen LogP contribution in [0.25, 0.3) is 0 Å². The van der Waals surface area contributed by atoms with Gasteiger partial charge in [-0.05, 0) is 64.0 Å². The number of hydrogen-bond donors (Lipinski definition) is 1. The minimum Gasteiger partial charge on any atom is -0.491 e. The Morgan fingerprint density at radius 2 is 1.96 bits per heavy atom. The van der Waals surface area contributed by atoms with Gasteiger partial charge < -0.3 is 9.47 Å². The zero-order valence-corrected chi connectivity index (χ0v) is 17.1. The number of amides is 1. The Bertz CT molecular complexity index is 714. The molecule has 0 radical (unpaired) electrons. The number of carbonyl (C=O) groups is 1. The number of rotatable bonds is 7. The maximum Gasteiger partial charge on any atom is 0.244 e. The fourth-order valence-corrected chi connectivity index (χ4v) is 4.41. The zero-order valence-electron chi connectivity index (χ0n) is 17.1. The first-order chi connectivity index (χ1) is 12.8. The minimum absolute atomic E-state index is 0.0376. The fraction of sp³-hybridized carbons (Fsp3) is 0.636. The summed E-state index contributed by atoms with van der Waals surface area (Å²) in [5.41, 5.74) is 3.76. The lowest BCUT2D eigenvalue weighted by Crippen LogP contribution is -2.22. The molecule has 2 saturated carbocycles. The van der Waals surface area contributed by atoms with Gasteiger partial charge in [0.25, 0.3) is 0 Å². The predicted octanol–water partition coefficient (Wildman–Crippen LogP) is 4.54. The Labute approximate surface area is 162 Å². The molecule has 0 aliphatic heterocycles. The molecule has 0 spiro atoms.